The lowest BCUT2D eigenvalue weighted by Crippen LogP contribution is -2.14. The van der Waals surface area contributed by atoms with Crippen LogP contribution >= 0.6 is 0 Å². The highest BCUT2D eigenvalue weighted by molar-refractivity contribution is 6.04. The highest BCUT2D eigenvalue weighted by Crippen LogP contribution is 2.19. The Morgan fingerprint density at radius 2 is 1.32 bits per heavy atom. The Morgan fingerprint density at radius 3 is 1.96 bits per heavy atom. The summed E-state index contributed by atoms with van der Waals surface area (Å²) in [6, 6.07) is 17.2. The van der Waals surface area contributed by atoms with E-state index in [4.69, 9.17) is 0 Å². The smallest absolute Gasteiger partial charge is 0.274 e. The molecule has 2 aromatic carbocycles. The number of hydrogen-bond acceptors (Lipinski definition) is 5. The Bertz CT molecular complexity index is 1060. The molecular weight excluding hydrogens is 354 g/mol. The van der Waals surface area contributed by atoms with Crippen molar-refractivity contribution in [3.05, 3.63) is 83.7 Å². The molecule has 6 heteroatoms. The molecule has 0 saturated heterocycles. The number of aromatic nitrogens is 1. The summed E-state index contributed by atoms with van der Waals surface area (Å²) in [5.41, 5.74) is 3.26. The number of carbonyl (C=O) groups excluding carboxylic acids is 3. The van der Waals surface area contributed by atoms with Gasteiger partial charge < -0.3 is 10.6 Å². The first-order valence-electron chi connectivity index (χ1n) is 8.69. The Labute approximate surface area is 162 Å². The monoisotopic (exact) mass is 373 g/mol. The topological polar surface area (TPSA) is 88.2 Å². The fraction of sp³-hybridized carbons (Fsp3) is 0.0909. The SMILES string of the molecule is CC(=O)c1cccc(NC(=O)c2cc(Nc3cccc(C(C)=O)c3)ccn2)c1. The minimum atomic E-state index is -0.387. The van der Waals surface area contributed by atoms with E-state index in [0.29, 0.717) is 22.5 Å². The number of amides is 1. The van der Waals surface area contributed by atoms with E-state index in [2.05, 4.69) is 15.6 Å². The summed E-state index contributed by atoms with van der Waals surface area (Å²) in [5.74, 6) is -0.485. The maximum Gasteiger partial charge on any atom is 0.274 e. The van der Waals surface area contributed by atoms with Crippen molar-refractivity contribution in [1.82, 2.24) is 4.98 Å². The fourth-order valence-corrected chi connectivity index (χ4v) is 2.63. The minimum absolute atomic E-state index is 0.0220. The third kappa shape index (κ3) is 4.67. The van der Waals surface area contributed by atoms with Crippen LogP contribution in [0.15, 0.2) is 66.9 Å². The normalized spacial score (nSPS) is 10.2. The molecule has 1 amide bonds. The quantitative estimate of drug-likeness (QED) is 0.622. The van der Waals surface area contributed by atoms with E-state index < -0.39 is 0 Å². The van der Waals surface area contributed by atoms with E-state index in [9.17, 15) is 14.4 Å². The van der Waals surface area contributed by atoms with Gasteiger partial charge >= 0.3 is 0 Å². The number of carbonyl (C=O) groups is 3. The largest absolute Gasteiger partial charge is 0.355 e. The average molecular weight is 373 g/mol. The molecule has 0 fully saturated rings. The van der Waals surface area contributed by atoms with Crippen LogP contribution in [-0.4, -0.2) is 22.5 Å². The van der Waals surface area contributed by atoms with Crippen molar-refractivity contribution in [1.29, 1.82) is 0 Å². The van der Waals surface area contributed by atoms with Crippen LogP contribution in [0.25, 0.3) is 0 Å². The van der Waals surface area contributed by atoms with Gasteiger partial charge in [0.15, 0.2) is 11.6 Å². The average Bonchev–Trinajstić information content (AvgIpc) is 2.68. The van der Waals surface area contributed by atoms with Crippen molar-refractivity contribution in [2.75, 3.05) is 10.6 Å². The van der Waals surface area contributed by atoms with Crippen molar-refractivity contribution in [3.63, 3.8) is 0 Å². The minimum Gasteiger partial charge on any atom is -0.355 e. The zero-order chi connectivity index (χ0) is 20.1. The van der Waals surface area contributed by atoms with Crippen molar-refractivity contribution in [2.24, 2.45) is 0 Å². The van der Waals surface area contributed by atoms with Crippen molar-refractivity contribution in [2.45, 2.75) is 13.8 Å². The third-order valence-corrected chi connectivity index (χ3v) is 4.08. The number of Topliss-reactive ketones (excluding diaryl/α,β-unsaturated/α-hetero) is 2. The molecule has 2 N–H and O–H groups in total. The van der Waals surface area contributed by atoms with Gasteiger partial charge in [-0.3, -0.25) is 19.4 Å². The second kappa shape index (κ2) is 8.26. The maximum absolute atomic E-state index is 12.5. The number of ketones is 2. The summed E-state index contributed by atoms with van der Waals surface area (Å²) in [5, 5.41) is 5.91. The molecule has 1 aromatic heterocycles. The number of benzene rings is 2. The zero-order valence-corrected chi connectivity index (χ0v) is 15.5. The van der Waals surface area contributed by atoms with E-state index in [0.717, 1.165) is 5.69 Å². The molecule has 3 aromatic rings. The van der Waals surface area contributed by atoms with E-state index >= 15 is 0 Å². The highest BCUT2D eigenvalue weighted by Gasteiger charge is 2.10. The van der Waals surface area contributed by atoms with E-state index in [1.54, 1.807) is 54.6 Å². The Kier molecular flexibility index (Phi) is 5.60. The third-order valence-electron chi connectivity index (χ3n) is 4.08. The second-order valence-electron chi connectivity index (χ2n) is 6.28. The van der Waals surface area contributed by atoms with Crippen LogP contribution in [0, 0.1) is 0 Å². The van der Waals surface area contributed by atoms with Crippen LogP contribution in [0.1, 0.15) is 45.1 Å². The van der Waals surface area contributed by atoms with E-state index in [-0.39, 0.29) is 23.2 Å². The molecule has 0 unspecified atom stereocenters. The summed E-state index contributed by atoms with van der Waals surface area (Å²) in [7, 11) is 0. The summed E-state index contributed by atoms with van der Waals surface area (Å²) in [4.78, 5) is 39.6. The summed E-state index contributed by atoms with van der Waals surface area (Å²) in [6.07, 6.45) is 1.53. The Hall–Kier alpha value is -3.80. The first-order valence-corrected chi connectivity index (χ1v) is 8.69. The van der Waals surface area contributed by atoms with Crippen LogP contribution < -0.4 is 10.6 Å². The highest BCUT2D eigenvalue weighted by atomic mass is 16.2. The van der Waals surface area contributed by atoms with Gasteiger partial charge in [0.2, 0.25) is 0 Å². The van der Waals surface area contributed by atoms with Gasteiger partial charge in [0.05, 0.1) is 0 Å². The number of anilines is 3. The molecule has 0 spiro atoms. The lowest BCUT2D eigenvalue weighted by atomic mass is 10.1. The summed E-state index contributed by atoms with van der Waals surface area (Å²) >= 11 is 0. The Balaban J connectivity index is 1.76. The first kappa shape index (κ1) is 19.0. The van der Waals surface area contributed by atoms with Crippen LogP contribution in [-0.2, 0) is 0 Å². The summed E-state index contributed by atoms with van der Waals surface area (Å²) < 4.78 is 0. The van der Waals surface area contributed by atoms with Gasteiger partial charge in [-0.15, -0.1) is 0 Å². The van der Waals surface area contributed by atoms with E-state index in [1.165, 1.54) is 20.0 Å². The van der Waals surface area contributed by atoms with Gasteiger partial charge in [0, 0.05) is 34.4 Å². The van der Waals surface area contributed by atoms with Crippen molar-refractivity contribution >= 4 is 34.5 Å². The molecule has 0 atom stereocenters. The number of nitrogens with one attached hydrogen (secondary N) is 2. The van der Waals surface area contributed by atoms with Crippen molar-refractivity contribution in [3.8, 4) is 0 Å². The fourth-order valence-electron chi connectivity index (χ4n) is 2.63. The second-order valence-corrected chi connectivity index (χ2v) is 6.28. The van der Waals surface area contributed by atoms with Crippen LogP contribution in [0.5, 0.6) is 0 Å². The molecule has 0 saturated carbocycles. The summed E-state index contributed by atoms with van der Waals surface area (Å²) in [6.45, 7) is 2.98. The predicted octanol–water partition coefficient (Wildman–Crippen LogP) is 4.48. The standard InChI is InChI=1S/C22H19N3O3/c1-14(26)16-5-3-7-18(11-16)24-20-9-10-23-21(13-20)22(28)25-19-8-4-6-17(12-19)15(2)27/h3-13H,1-2H3,(H,23,24)(H,25,28). The Morgan fingerprint density at radius 1 is 0.750 bits per heavy atom. The molecule has 140 valence electrons. The van der Waals surface area contributed by atoms with Gasteiger partial charge in [-0.2, -0.15) is 0 Å². The number of nitrogens with zero attached hydrogens (tertiary/aromatic N) is 1. The van der Waals surface area contributed by atoms with Gasteiger partial charge in [0.25, 0.3) is 5.91 Å². The molecule has 28 heavy (non-hydrogen) atoms. The van der Waals surface area contributed by atoms with Gasteiger partial charge in [-0.1, -0.05) is 24.3 Å². The van der Waals surface area contributed by atoms with Gasteiger partial charge in [-0.25, -0.2) is 0 Å². The number of rotatable bonds is 6. The predicted molar refractivity (Wildman–Crippen MR) is 108 cm³/mol. The van der Waals surface area contributed by atoms with Crippen molar-refractivity contribution < 1.29 is 14.4 Å². The number of pyridine rings is 1. The first-order chi connectivity index (χ1) is 13.4. The molecule has 6 nitrogen and oxygen atoms in total. The maximum atomic E-state index is 12.5. The lowest BCUT2D eigenvalue weighted by molar-refractivity contribution is 0.100. The molecular formula is C22H19N3O3. The molecule has 0 radical (unpaired) electrons. The van der Waals surface area contributed by atoms with Gasteiger partial charge in [0.1, 0.15) is 5.69 Å². The van der Waals surface area contributed by atoms with Crippen LogP contribution in [0.2, 0.25) is 0 Å². The van der Waals surface area contributed by atoms with Crippen LogP contribution in [0.4, 0.5) is 17.1 Å². The van der Waals surface area contributed by atoms with Gasteiger partial charge in [-0.05, 0) is 50.2 Å². The van der Waals surface area contributed by atoms with Crippen LogP contribution in [0.3, 0.4) is 0 Å². The molecule has 0 aliphatic heterocycles. The molecule has 0 aliphatic rings. The van der Waals surface area contributed by atoms with E-state index in [1.807, 2.05) is 6.07 Å². The molecule has 0 aliphatic carbocycles. The lowest BCUT2D eigenvalue weighted by Gasteiger charge is -2.10. The molecule has 3 rings (SSSR count). The number of hydrogen-bond donors (Lipinski definition) is 2. The molecule has 0 bridgehead atoms. The zero-order valence-electron chi connectivity index (χ0n) is 15.5. The molecule has 1 heterocycles.